The van der Waals surface area contributed by atoms with Gasteiger partial charge in [-0.15, -0.1) is 0 Å². The molecule has 0 saturated heterocycles. The minimum atomic E-state index is -0.875. The highest BCUT2D eigenvalue weighted by Crippen LogP contribution is 2.25. The van der Waals surface area contributed by atoms with Gasteiger partial charge in [0.1, 0.15) is 5.82 Å². The fourth-order valence-corrected chi connectivity index (χ4v) is 2.55. The van der Waals surface area contributed by atoms with Gasteiger partial charge in [-0.25, -0.2) is 13.8 Å². The quantitative estimate of drug-likeness (QED) is 0.741. The van der Waals surface area contributed by atoms with Crippen LogP contribution in [0.3, 0.4) is 0 Å². The van der Waals surface area contributed by atoms with Gasteiger partial charge in [0.15, 0.2) is 11.6 Å². The molecule has 0 unspecified atom stereocenters. The summed E-state index contributed by atoms with van der Waals surface area (Å²) < 4.78 is 28.9. The Labute approximate surface area is 127 Å². The number of imidazole rings is 1. The Kier molecular flexibility index (Phi) is 3.56. The van der Waals surface area contributed by atoms with Crippen LogP contribution in [-0.4, -0.2) is 9.55 Å². The van der Waals surface area contributed by atoms with Crippen LogP contribution in [0.25, 0.3) is 11.0 Å². The van der Waals surface area contributed by atoms with Crippen LogP contribution < -0.4 is 5.73 Å². The van der Waals surface area contributed by atoms with Crippen molar-refractivity contribution < 1.29 is 8.78 Å². The maximum atomic E-state index is 13.6. The van der Waals surface area contributed by atoms with Gasteiger partial charge in [0.25, 0.3) is 0 Å². The molecule has 0 atom stereocenters. The van der Waals surface area contributed by atoms with Crippen molar-refractivity contribution in [3.05, 3.63) is 59.4 Å². The molecular weight excluding hydrogens is 284 g/mol. The van der Waals surface area contributed by atoms with E-state index in [9.17, 15) is 8.78 Å². The maximum absolute atomic E-state index is 13.6. The standard InChI is InChI=1S/C17H17F2N3/c1-10(2)17-21-15-7-13(18)14(19)8-16(15)22(17)9-11-3-5-12(20)6-4-11/h3-8,10H,9,20H2,1-2H3. The van der Waals surface area contributed by atoms with E-state index < -0.39 is 11.6 Å². The molecule has 5 heteroatoms. The molecule has 3 aromatic rings. The molecule has 22 heavy (non-hydrogen) atoms. The Morgan fingerprint density at radius 2 is 1.73 bits per heavy atom. The van der Waals surface area contributed by atoms with Crippen LogP contribution in [0, 0.1) is 11.6 Å². The van der Waals surface area contributed by atoms with Gasteiger partial charge in [-0.3, -0.25) is 0 Å². The molecule has 114 valence electrons. The molecule has 0 aliphatic carbocycles. The number of nitrogens with zero attached hydrogens (tertiary/aromatic N) is 2. The third-order valence-electron chi connectivity index (χ3n) is 3.66. The van der Waals surface area contributed by atoms with Gasteiger partial charge in [0, 0.05) is 30.3 Å². The second kappa shape index (κ2) is 5.40. The fraction of sp³-hybridized carbons (Fsp3) is 0.235. The average Bonchev–Trinajstić information content (AvgIpc) is 2.80. The smallest absolute Gasteiger partial charge is 0.161 e. The fourth-order valence-electron chi connectivity index (χ4n) is 2.55. The molecule has 0 fully saturated rings. The summed E-state index contributed by atoms with van der Waals surface area (Å²) >= 11 is 0. The van der Waals surface area contributed by atoms with E-state index in [0.717, 1.165) is 17.5 Å². The molecule has 3 rings (SSSR count). The number of nitrogens with two attached hydrogens (primary N) is 1. The monoisotopic (exact) mass is 301 g/mol. The van der Waals surface area contributed by atoms with E-state index in [1.165, 1.54) is 6.07 Å². The van der Waals surface area contributed by atoms with Crippen molar-refractivity contribution in [1.82, 2.24) is 9.55 Å². The first kappa shape index (κ1) is 14.5. The van der Waals surface area contributed by atoms with Crippen molar-refractivity contribution >= 4 is 16.7 Å². The first-order chi connectivity index (χ1) is 10.5. The van der Waals surface area contributed by atoms with Gasteiger partial charge >= 0.3 is 0 Å². The van der Waals surface area contributed by atoms with Crippen molar-refractivity contribution in [2.24, 2.45) is 0 Å². The summed E-state index contributed by atoms with van der Waals surface area (Å²) in [6.45, 7) is 4.55. The highest BCUT2D eigenvalue weighted by Gasteiger charge is 2.16. The summed E-state index contributed by atoms with van der Waals surface area (Å²) in [5.41, 5.74) is 8.48. The first-order valence-corrected chi connectivity index (χ1v) is 7.15. The van der Waals surface area contributed by atoms with E-state index in [-0.39, 0.29) is 5.92 Å². The van der Waals surface area contributed by atoms with E-state index >= 15 is 0 Å². The molecule has 0 spiro atoms. The van der Waals surface area contributed by atoms with Gasteiger partial charge in [0.2, 0.25) is 0 Å². The van der Waals surface area contributed by atoms with Gasteiger partial charge in [-0.05, 0) is 17.7 Å². The SMILES string of the molecule is CC(C)c1nc2cc(F)c(F)cc2n1Cc1ccc(N)cc1. The molecule has 0 aliphatic rings. The molecule has 1 heterocycles. The van der Waals surface area contributed by atoms with Crippen LogP contribution in [0.1, 0.15) is 31.2 Å². The lowest BCUT2D eigenvalue weighted by Crippen LogP contribution is -2.07. The predicted octanol–water partition coefficient (Wildman–Crippen LogP) is 4.07. The number of hydrogen-bond acceptors (Lipinski definition) is 2. The topological polar surface area (TPSA) is 43.8 Å². The van der Waals surface area contributed by atoms with Crippen LogP contribution in [0.2, 0.25) is 0 Å². The summed E-state index contributed by atoms with van der Waals surface area (Å²) in [6.07, 6.45) is 0. The second-order valence-corrected chi connectivity index (χ2v) is 5.71. The number of rotatable bonds is 3. The van der Waals surface area contributed by atoms with E-state index in [2.05, 4.69) is 4.98 Å². The molecule has 0 aliphatic heterocycles. The molecule has 2 N–H and O–H groups in total. The van der Waals surface area contributed by atoms with Crippen LogP contribution in [0.4, 0.5) is 14.5 Å². The third kappa shape index (κ3) is 2.54. The molecule has 1 aromatic heterocycles. The van der Waals surface area contributed by atoms with Crippen molar-refractivity contribution in [2.75, 3.05) is 5.73 Å². The van der Waals surface area contributed by atoms with E-state index in [0.29, 0.717) is 23.3 Å². The molecule has 0 amide bonds. The lowest BCUT2D eigenvalue weighted by molar-refractivity contribution is 0.510. The molecule has 0 saturated carbocycles. The van der Waals surface area contributed by atoms with Crippen LogP contribution in [0.15, 0.2) is 36.4 Å². The summed E-state index contributed by atoms with van der Waals surface area (Å²) in [6, 6.07) is 9.85. The number of hydrogen-bond donors (Lipinski definition) is 1. The number of aromatic nitrogens is 2. The summed E-state index contributed by atoms with van der Waals surface area (Å²) in [4.78, 5) is 4.46. The molecule has 2 aromatic carbocycles. The lowest BCUT2D eigenvalue weighted by atomic mass is 10.1. The normalized spacial score (nSPS) is 11.5. The average molecular weight is 301 g/mol. The van der Waals surface area contributed by atoms with Crippen molar-refractivity contribution in [3.8, 4) is 0 Å². The van der Waals surface area contributed by atoms with E-state index in [4.69, 9.17) is 5.73 Å². The van der Waals surface area contributed by atoms with Crippen molar-refractivity contribution in [3.63, 3.8) is 0 Å². The summed E-state index contributed by atoms with van der Waals surface area (Å²) in [5.74, 6) is -0.787. The van der Waals surface area contributed by atoms with E-state index in [1.54, 1.807) is 0 Å². The first-order valence-electron chi connectivity index (χ1n) is 7.15. The highest BCUT2D eigenvalue weighted by atomic mass is 19.2. The van der Waals surface area contributed by atoms with Crippen LogP contribution >= 0.6 is 0 Å². The summed E-state index contributed by atoms with van der Waals surface area (Å²) in [7, 11) is 0. The second-order valence-electron chi connectivity index (χ2n) is 5.71. The van der Waals surface area contributed by atoms with Gasteiger partial charge in [-0.2, -0.15) is 0 Å². The number of halogens is 2. The zero-order chi connectivity index (χ0) is 15.9. The van der Waals surface area contributed by atoms with Gasteiger partial charge in [0.05, 0.1) is 11.0 Å². The Bertz CT molecular complexity index is 820. The Hall–Kier alpha value is -2.43. The Morgan fingerprint density at radius 3 is 2.36 bits per heavy atom. The van der Waals surface area contributed by atoms with Gasteiger partial charge < -0.3 is 10.3 Å². The molecular formula is C17H17F2N3. The zero-order valence-corrected chi connectivity index (χ0v) is 12.5. The van der Waals surface area contributed by atoms with Crippen LogP contribution in [0.5, 0.6) is 0 Å². The third-order valence-corrected chi connectivity index (χ3v) is 3.66. The Morgan fingerprint density at radius 1 is 1.09 bits per heavy atom. The number of fused-ring (bicyclic) bond motifs is 1. The van der Waals surface area contributed by atoms with Gasteiger partial charge in [-0.1, -0.05) is 26.0 Å². The number of nitrogen functional groups attached to an aromatic ring is 1. The molecule has 3 nitrogen and oxygen atoms in total. The minimum Gasteiger partial charge on any atom is -0.399 e. The van der Waals surface area contributed by atoms with Crippen molar-refractivity contribution in [2.45, 2.75) is 26.3 Å². The molecule has 0 bridgehead atoms. The van der Waals surface area contributed by atoms with E-state index in [1.807, 2.05) is 42.7 Å². The largest absolute Gasteiger partial charge is 0.399 e. The maximum Gasteiger partial charge on any atom is 0.161 e. The highest BCUT2D eigenvalue weighted by molar-refractivity contribution is 5.76. The minimum absolute atomic E-state index is 0.146. The number of benzene rings is 2. The lowest BCUT2D eigenvalue weighted by Gasteiger charge is -2.12. The number of anilines is 1. The summed E-state index contributed by atoms with van der Waals surface area (Å²) in [5, 5.41) is 0. The Balaban J connectivity index is 2.15. The van der Waals surface area contributed by atoms with Crippen molar-refractivity contribution in [1.29, 1.82) is 0 Å². The predicted molar refractivity (Wildman–Crippen MR) is 83.7 cm³/mol. The van der Waals surface area contributed by atoms with Crippen LogP contribution in [-0.2, 0) is 6.54 Å². The molecule has 0 radical (unpaired) electrons. The zero-order valence-electron chi connectivity index (χ0n) is 12.5.